The average Bonchev–Trinajstić information content (AvgIpc) is 2.47. The largest absolute Gasteiger partial charge is 0.347 e. The van der Waals surface area contributed by atoms with Gasteiger partial charge >= 0.3 is 0 Å². The van der Waals surface area contributed by atoms with E-state index in [-0.39, 0.29) is 17.3 Å². The van der Waals surface area contributed by atoms with E-state index < -0.39 is 0 Å². The van der Waals surface area contributed by atoms with E-state index in [1.54, 1.807) is 19.1 Å². The Hall–Kier alpha value is -1.42. The van der Waals surface area contributed by atoms with Gasteiger partial charge in [0.2, 0.25) is 0 Å². The molecule has 118 valence electrons. The van der Waals surface area contributed by atoms with E-state index in [1.165, 1.54) is 6.07 Å². The van der Waals surface area contributed by atoms with E-state index in [2.05, 4.69) is 24.2 Å². The summed E-state index contributed by atoms with van der Waals surface area (Å²) in [5.41, 5.74) is 0.652. The summed E-state index contributed by atoms with van der Waals surface area (Å²) in [7, 11) is 2.08. The Morgan fingerprint density at radius 1 is 1.29 bits per heavy atom. The minimum atomic E-state index is -0.332. The SMILES string of the molecule is CC.Cc1c(F)cccc1C(=O)NC1(C)CCN(C)CC1. The van der Waals surface area contributed by atoms with Crippen molar-refractivity contribution >= 4 is 5.91 Å². The zero-order chi connectivity index (χ0) is 16.0. The zero-order valence-electron chi connectivity index (χ0n) is 13.8. The molecule has 0 unspecified atom stereocenters. The van der Waals surface area contributed by atoms with Crippen molar-refractivity contribution in [3.05, 3.63) is 35.1 Å². The predicted octanol–water partition coefficient (Wildman–Crippen LogP) is 3.37. The van der Waals surface area contributed by atoms with Gasteiger partial charge in [0.15, 0.2) is 0 Å². The summed E-state index contributed by atoms with van der Waals surface area (Å²) >= 11 is 0. The van der Waals surface area contributed by atoms with Gasteiger partial charge in [-0.1, -0.05) is 19.9 Å². The lowest BCUT2D eigenvalue weighted by atomic mass is 9.89. The molecule has 1 aromatic carbocycles. The molecular formula is C17H27FN2O. The van der Waals surface area contributed by atoms with E-state index in [9.17, 15) is 9.18 Å². The van der Waals surface area contributed by atoms with Crippen LogP contribution in [0.5, 0.6) is 0 Å². The Labute approximate surface area is 127 Å². The van der Waals surface area contributed by atoms with Gasteiger partial charge in [-0.3, -0.25) is 4.79 Å². The maximum atomic E-state index is 13.5. The molecule has 0 bridgehead atoms. The van der Waals surface area contributed by atoms with Gasteiger partial charge in [0, 0.05) is 24.2 Å². The molecule has 0 atom stereocenters. The van der Waals surface area contributed by atoms with Crippen LogP contribution in [0.2, 0.25) is 0 Å². The quantitative estimate of drug-likeness (QED) is 0.907. The topological polar surface area (TPSA) is 32.3 Å². The molecule has 2 rings (SSSR count). The van der Waals surface area contributed by atoms with Crippen LogP contribution in [-0.4, -0.2) is 36.5 Å². The standard InChI is InChI=1S/C15H21FN2O.C2H6/c1-11-12(5-4-6-13(11)16)14(19)17-15(2)7-9-18(3)10-8-15;1-2/h4-6H,7-10H2,1-3H3,(H,17,19);1-2H3. The van der Waals surface area contributed by atoms with E-state index in [4.69, 9.17) is 0 Å². The highest BCUT2D eigenvalue weighted by Crippen LogP contribution is 2.22. The highest BCUT2D eigenvalue weighted by molar-refractivity contribution is 5.96. The Kier molecular flexibility index (Phi) is 6.34. The number of carbonyl (C=O) groups excluding carboxylic acids is 1. The summed E-state index contributed by atoms with van der Waals surface area (Å²) < 4.78 is 13.5. The van der Waals surface area contributed by atoms with E-state index in [1.807, 2.05) is 13.8 Å². The Balaban J connectivity index is 0.00000106. The van der Waals surface area contributed by atoms with Crippen molar-refractivity contribution in [2.24, 2.45) is 0 Å². The molecule has 0 aliphatic carbocycles. The second-order valence-corrected chi connectivity index (χ2v) is 5.73. The minimum Gasteiger partial charge on any atom is -0.347 e. The summed E-state index contributed by atoms with van der Waals surface area (Å²) in [5, 5.41) is 3.07. The first-order valence-electron chi connectivity index (χ1n) is 7.67. The molecule has 0 aromatic heterocycles. The fourth-order valence-corrected chi connectivity index (χ4v) is 2.43. The van der Waals surface area contributed by atoms with E-state index in [0.717, 1.165) is 25.9 Å². The zero-order valence-corrected chi connectivity index (χ0v) is 13.8. The van der Waals surface area contributed by atoms with Gasteiger partial charge in [-0.25, -0.2) is 4.39 Å². The van der Waals surface area contributed by atoms with Gasteiger partial charge in [0.25, 0.3) is 5.91 Å². The number of nitrogens with one attached hydrogen (secondary N) is 1. The van der Waals surface area contributed by atoms with Gasteiger partial charge in [-0.15, -0.1) is 0 Å². The first-order valence-corrected chi connectivity index (χ1v) is 7.67. The van der Waals surface area contributed by atoms with Crippen molar-refractivity contribution in [1.29, 1.82) is 0 Å². The van der Waals surface area contributed by atoms with Crippen molar-refractivity contribution in [1.82, 2.24) is 10.2 Å². The highest BCUT2D eigenvalue weighted by atomic mass is 19.1. The molecule has 3 nitrogen and oxygen atoms in total. The number of rotatable bonds is 2. The average molecular weight is 294 g/mol. The number of benzene rings is 1. The molecule has 1 aromatic rings. The maximum Gasteiger partial charge on any atom is 0.252 e. The lowest BCUT2D eigenvalue weighted by molar-refractivity contribution is 0.0851. The molecule has 4 heteroatoms. The monoisotopic (exact) mass is 294 g/mol. The third kappa shape index (κ3) is 4.53. The van der Waals surface area contributed by atoms with Crippen LogP contribution in [-0.2, 0) is 0 Å². The lowest BCUT2D eigenvalue weighted by Crippen LogP contribution is -2.52. The number of carbonyl (C=O) groups is 1. The fourth-order valence-electron chi connectivity index (χ4n) is 2.43. The number of piperidine rings is 1. The lowest BCUT2D eigenvalue weighted by Gasteiger charge is -2.38. The van der Waals surface area contributed by atoms with Gasteiger partial charge in [0.05, 0.1) is 0 Å². The molecule has 1 heterocycles. The van der Waals surface area contributed by atoms with Gasteiger partial charge < -0.3 is 10.2 Å². The van der Waals surface area contributed by atoms with Crippen LogP contribution in [0.1, 0.15) is 49.5 Å². The summed E-state index contributed by atoms with van der Waals surface area (Å²) in [5.74, 6) is -0.509. The second-order valence-electron chi connectivity index (χ2n) is 5.73. The molecule has 1 N–H and O–H groups in total. The van der Waals surface area contributed by atoms with Crippen LogP contribution in [0.25, 0.3) is 0 Å². The van der Waals surface area contributed by atoms with Crippen molar-refractivity contribution in [2.75, 3.05) is 20.1 Å². The van der Waals surface area contributed by atoms with Crippen molar-refractivity contribution in [3.63, 3.8) is 0 Å². The summed E-state index contributed by atoms with van der Waals surface area (Å²) in [6.07, 6.45) is 1.84. The van der Waals surface area contributed by atoms with Crippen LogP contribution >= 0.6 is 0 Å². The van der Waals surface area contributed by atoms with Crippen LogP contribution in [0, 0.1) is 12.7 Å². The maximum absolute atomic E-state index is 13.5. The molecule has 1 fully saturated rings. The van der Waals surface area contributed by atoms with Crippen molar-refractivity contribution in [3.8, 4) is 0 Å². The molecule has 0 spiro atoms. The number of nitrogens with zero attached hydrogens (tertiary/aromatic N) is 1. The molecule has 1 amide bonds. The summed E-state index contributed by atoms with van der Waals surface area (Å²) in [6, 6.07) is 4.63. The first-order chi connectivity index (χ1) is 9.91. The van der Waals surface area contributed by atoms with Crippen molar-refractivity contribution < 1.29 is 9.18 Å². The van der Waals surface area contributed by atoms with Crippen LogP contribution < -0.4 is 5.32 Å². The molecule has 21 heavy (non-hydrogen) atoms. The summed E-state index contributed by atoms with van der Waals surface area (Å²) in [4.78, 5) is 14.5. The molecular weight excluding hydrogens is 267 g/mol. The minimum absolute atomic E-state index is 0.177. The number of amides is 1. The molecule has 0 saturated carbocycles. The van der Waals surface area contributed by atoms with Crippen LogP contribution in [0.4, 0.5) is 4.39 Å². The summed E-state index contributed by atoms with van der Waals surface area (Å²) in [6.45, 7) is 9.64. The van der Waals surface area contributed by atoms with Crippen molar-refractivity contribution in [2.45, 2.75) is 46.1 Å². The smallest absolute Gasteiger partial charge is 0.252 e. The van der Waals surface area contributed by atoms with E-state index >= 15 is 0 Å². The molecule has 1 aliphatic heterocycles. The Morgan fingerprint density at radius 2 is 1.86 bits per heavy atom. The molecule has 0 radical (unpaired) electrons. The van der Waals surface area contributed by atoms with Crippen LogP contribution in [0.3, 0.4) is 0 Å². The van der Waals surface area contributed by atoms with Gasteiger partial charge in [-0.05, 0) is 51.4 Å². The number of hydrogen-bond donors (Lipinski definition) is 1. The highest BCUT2D eigenvalue weighted by Gasteiger charge is 2.31. The third-order valence-electron chi connectivity index (χ3n) is 4.02. The third-order valence-corrected chi connectivity index (χ3v) is 4.02. The van der Waals surface area contributed by atoms with E-state index in [0.29, 0.717) is 11.1 Å². The predicted molar refractivity (Wildman–Crippen MR) is 85.1 cm³/mol. The molecule has 1 aliphatic rings. The number of hydrogen-bond acceptors (Lipinski definition) is 2. The van der Waals surface area contributed by atoms with Gasteiger partial charge in [0.1, 0.15) is 5.82 Å². The van der Waals surface area contributed by atoms with Crippen LogP contribution in [0.15, 0.2) is 18.2 Å². The number of halogens is 1. The Morgan fingerprint density at radius 3 is 2.43 bits per heavy atom. The normalized spacial score (nSPS) is 17.6. The first kappa shape index (κ1) is 17.6. The fraction of sp³-hybridized carbons (Fsp3) is 0.588. The molecule has 1 saturated heterocycles. The van der Waals surface area contributed by atoms with Gasteiger partial charge in [-0.2, -0.15) is 0 Å². The second kappa shape index (κ2) is 7.55. The number of likely N-dealkylation sites (tertiary alicyclic amines) is 1. The Bertz CT molecular complexity index is 480.